The van der Waals surface area contributed by atoms with Gasteiger partial charge in [0.15, 0.2) is 5.82 Å². The van der Waals surface area contributed by atoms with Crippen LogP contribution in [0.2, 0.25) is 0 Å². The number of hydrogen-bond donors (Lipinski definition) is 0. The van der Waals surface area contributed by atoms with E-state index in [1.54, 1.807) is 0 Å². The average Bonchev–Trinajstić information content (AvgIpc) is 3.30. The van der Waals surface area contributed by atoms with Crippen LogP contribution in [0.15, 0.2) is 25.1 Å². The Morgan fingerprint density at radius 2 is 1.91 bits per heavy atom. The smallest absolute Gasteiger partial charge is 0.205 e. The van der Waals surface area contributed by atoms with Gasteiger partial charge in [-0.25, -0.2) is 4.39 Å². The van der Waals surface area contributed by atoms with Crippen LogP contribution in [-0.2, 0) is 11.2 Å². The predicted octanol–water partition coefficient (Wildman–Crippen LogP) is 3.88. The van der Waals surface area contributed by atoms with E-state index in [4.69, 9.17) is 13.8 Å². The highest BCUT2D eigenvalue weighted by Crippen LogP contribution is 2.48. The third kappa shape index (κ3) is 2.57. The molecule has 3 atom stereocenters. The first-order valence-corrected chi connectivity index (χ1v) is 10.9. The zero-order valence-corrected chi connectivity index (χ0v) is 18.4. The van der Waals surface area contributed by atoms with Crippen LogP contribution in [0.3, 0.4) is 0 Å². The molecule has 166 valence electrons. The molecule has 0 amide bonds. The van der Waals surface area contributed by atoms with E-state index in [2.05, 4.69) is 25.2 Å². The van der Waals surface area contributed by atoms with Crippen LogP contribution >= 0.6 is 0 Å². The highest BCUT2D eigenvalue weighted by Gasteiger charge is 2.52. The number of benzene rings is 1. The minimum Gasteiger partial charge on any atom is -0.372 e. The van der Waals surface area contributed by atoms with Gasteiger partial charge in [-0.2, -0.15) is 0 Å². The predicted molar refractivity (Wildman–Crippen MR) is 118 cm³/mol. The quantitative estimate of drug-likeness (QED) is 0.574. The Labute approximate surface area is 184 Å². The molecule has 1 spiro atoms. The van der Waals surface area contributed by atoms with Crippen LogP contribution in [0.4, 0.5) is 10.1 Å². The van der Waals surface area contributed by atoms with Crippen molar-refractivity contribution >= 4 is 29.1 Å². The minimum absolute atomic E-state index is 0.0376. The molecule has 6 rings (SSSR count). The molecule has 0 N–H and O–H groups in total. The van der Waals surface area contributed by atoms with Gasteiger partial charge in [-0.05, 0) is 45.7 Å². The van der Waals surface area contributed by atoms with Crippen molar-refractivity contribution in [3.8, 4) is 11.3 Å². The summed E-state index contributed by atoms with van der Waals surface area (Å²) in [5.41, 5.74) is 3.09. The molecule has 1 aromatic carbocycles. The summed E-state index contributed by atoms with van der Waals surface area (Å²) in [6, 6.07) is 1.88. The Hall–Kier alpha value is -3.07. The number of rotatable bonds is 1. The van der Waals surface area contributed by atoms with Crippen molar-refractivity contribution in [3.63, 3.8) is 0 Å². The number of hydrogen-bond acceptors (Lipinski definition) is 8. The van der Waals surface area contributed by atoms with Crippen molar-refractivity contribution < 1.29 is 18.2 Å². The van der Waals surface area contributed by atoms with Crippen LogP contribution < -0.4 is 4.90 Å². The maximum absolute atomic E-state index is 16.1. The lowest BCUT2D eigenvalue weighted by Gasteiger charge is -2.54. The van der Waals surface area contributed by atoms with E-state index < -0.39 is 11.2 Å². The van der Waals surface area contributed by atoms with Crippen LogP contribution in [0.1, 0.15) is 30.9 Å². The van der Waals surface area contributed by atoms with Gasteiger partial charge in [0.25, 0.3) is 0 Å². The van der Waals surface area contributed by atoms with E-state index in [0.29, 0.717) is 47.9 Å². The number of ether oxygens (including phenoxy) is 1. The maximum Gasteiger partial charge on any atom is 0.205 e. The van der Waals surface area contributed by atoms with Gasteiger partial charge < -0.3 is 18.7 Å². The molecule has 1 saturated heterocycles. The second-order valence-electron chi connectivity index (χ2n) is 9.11. The SMILES string of the molecule is Cc1noc(C)c1-c1noc2c(F)c3c(cc12)CC1(C=NCN=C1)[C@@H]1[C@@H](C)O[C@@H](C)CN31. The molecular weight excluding hydrogens is 413 g/mol. The molecule has 0 radical (unpaired) electrons. The molecule has 3 aliphatic heterocycles. The molecule has 0 unspecified atom stereocenters. The number of aromatic nitrogens is 2. The van der Waals surface area contributed by atoms with E-state index in [0.717, 1.165) is 11.1 Å². The van der Waals surface area contributed by atoms with Crippen molar-refractivity contribution in [2.75, 3.05) is 18.1 Å². The summed E-state index contributed by atoms with van der Waals surface area (Å²) in [5.74, 6) is 0.226. The minimum atomic E-state index is -0.467. The number of anilines is 1. The third-order valence-electron chi connectivity index (χ3n) is 6.87. The maximum atomic E-state index is 16.1. The van der Waals surface area contributed by atoms with E-state index in [-0.39, 0.29) is 23.8 Å². The van der Waals surface area contributed by atoms with Crippen molar-refractivity contribution in [2.45, 2.75) is 52.4 Å². The largest absolute Gasteiger partial charge is 0.372 e. The van der Waals surface area contributed by atoms with Crippen LogP contribution in [-0.4, -0.2) is 54.2 Å². The van der Waals surface area contributed by atoms with E-state index in [9.17, 15) is 0 Å². The molecule has 3 aromatic rings. The Morgan fingerprint density at radius 1 is 1.12 bits per heavy atom. The second kappa shape index (κ2) is 6.71. The van der Waals surface area contributed by atoms with Crippen LogP contribution in [0.5, 0.6) is 0 Å². The van der Waals surface area contributed by atoms with Crippen molar-refractivity contribution in [3.05, 3.63) is 28.9 Å². The Balaban J connectivity index is 1.60. The summed E-state index contributed by atoms with van der Waals surface area (Å²) in [5, 5.41) is 8.85. The summed E-state index contributed by atoms with van der Waals surface area (Å²) in [7, 11) is 0. The van der Waals surface area contributed by atoms with Crippen molar-refractivity contribution in [2.24, 2.45) is 15.4 Å². The fourth-order valence-corrected chi connectivity index (χ4v) is 5.79. The molecule has 9 heteroatoms. The van der Waals surface area contributed by atoms with Gasteiger partial charge in [0.05, 0.1) is 46.0 Å². The monoisotopic (exact) mass is 437 g/mol. The first-order chi connectivity index (χ1) is 15.4. The summed E-state index contributed by atoms with van der Waals surface area (Å²) < 4.78 is 33.1. The molecule has 32 heavy (non-hydrogen) atoms. The van der Waals surface area contributed by atoms with Crippen molar-refractivity contribution in [1.82, 2.24) is 10.3 Å². The molecule has 8 nitrogen and oxygen atoms in total. The first-order valence-electron chi connectivity index (χ1n) is 10.9. The number of fused-ring (bicyclic) bond motifs is 5. The Kier molecular flexibility index (Phi) is 4.11. The average molecular weight is 437 g/mol. The molecule has 0 bridgehead atoms. The topological polar surface area (TPSA) is 89.2 Å². The lowest BCUT2D eigenvalue weighted by atomic mass is 9.69. The Morgan fingerprint density at radius 3 is 2.62 bits per heavy atom. The molecule has 1 fully saturated rings. The summed E-state index contributed by atoms with van der Waals surface area (Å²) in [6.07, 6.45) is 4.36. The van der Waals surface area contributed by atoms with Crippen molar-refractivity contribution in [1.29, 1.82) is 0 Å². The first kappa shape index (κ1) is 19.6. The fraction of sp³-hybridized carbons (Fsp3) is 0.478. The lowest BCUT2D eigenvalue weighted by Crippen LogP contribution is -2.65. The van der Waals surface area contributed by atoms with E-state index in [1.807, 2.05) is 46.2 Å². The lowest BCUT2D eigenvalue weighted by molar-refractivity contribution is -0.0432. The van der Waals surface area contributed by atoms with Gasteiger partial charge in [-0.15, -0.1) is 0 Å². The van der Waals surface area contributed by atoms with Gasteiger partial charge >= 0.3 is 0 Å². The van der Waals surface area contributed by atoms with Gasteiger partial charge in [-0.3, -0.25) is 9.98 Å². The molecule has 3 aliphatic rings. The van der Waals surface area contributed by atoms with Gasteiger partial charge in [0, 0.05) is 19.0 Å². The highest BCUT2D eigenvalue weighted by atomic mass is 19.1. The van der Waals surface area contributed by atoms with E-state index in [1.165, 1.54) is 0 Å². The van der Waals surface area contributed by atoms with Crippen LogP contribution in [0, 0.1) is 25.1 Å². The van der Waals surface area contributed by atoms with Gasteiger partial charge in [0.1, 0.15) is 18.1 Å². The number of halogens is 1. The molecule has 2 aromatic heterocycles. The Bertz CT molecular complexity index is 1260. The molecule has 5 heterocycles. The zero-order valence-electron chi connectivity index (χ0n) is 18.4. The second-order valence-corrected chi connectivity index (χ2v) is 9.11. The summed E-state index contributed by atoms with van der Waals surface area (Å²) in [6.45, 7) is 8.69. The summed E-state index contributed by atoms with van der Waals surface area (Å²) >= 11 is 0. The molecule has 0 saturated carbocycles. The third-order valence-corrected chi connectivity index (χ3v) is 6.87. The summed E-state index contributed by atoms with van der Waals surface area (Å²) in [4.78, 5) is 11.1. The fourth-order valence-electron chi connectivity index (χ4n) is 5.79. The zero-order chi connectivity index (χ0) is 22.2. The van der Waals surface area contributed by atoms with Crippen LogP contribution in [0.25, 0.3) is 22.2 Å². The molecular formula is C23H24FN5O3. The van der Waals surface area contributed by atoms with Gasteiger partial charge in [-0.1, -0.05) is 10.3 Å². The number of aliphatic imine (C=N–C) groups is 2. The number of nitrogens with zero attached hydrogens (tertiary/aromatic N) is 5. The molecule has 0 aliphatic carbocycles. The number of morpholine rings is 1. The van der Waals surface area contributed by atoms with Gasteiger partial charge in [0.2, 0.25) is 5.58 Å². The van der Waals surface area contributed by atoms with E-state index >= 15 is 4.39 Å². The highest BCUT2D eigenvalue weighted by molar-refractivity contribution is 5.99. The normalized spacial score (nSPS) is 26.0. The standard InChI is InChI=1S/C23H24FN5O3/c1-11-7-29-20-15(6-23(8-25-10-26-9-23)22(29)14(4)30-11)5-16-19(28-32-21(16)18(20)24)17-12(2)27-31-13(17)3/h5,8-9,11,14,22H,6-7,10H2,1-4H3/t11-,14+,22-/m0/s1. The number of aryl methyl sites for hydroxylation is 2.